The van der Waals surface area contributed by atoms with Crippen LogP contribution in [0.25, 0.3) is 6.08 Å². The number of halogens is 2. The van der Waals surface area contributed by atoms with Crippen LogP contribution in [0.2, 0.25) is 5.02 Å². The van der Waals surface area contributed by atoms with Gasteiger partial charge in [-0.3, -0.25) is 0 Å². The average molecular weight is 259 g/mol. The number of rotatable bonds is 4. The second kappa shape index (κ2) is 6.25. The van der Waals surface area contributed by atoms with Gasteiger partial charge in [0.15, 0.2) is 0 Å². The molecule has 0 saturated heterocycles. The van der Waals surface area contributed by atoms with Gasteiger partial charge < -0.3 is 9.47 Å². The third-order valence-electron chi connectivity index (χ3n) is 1.99. The van der Waals surface area contributed by atoms with E-state index in [9.17, 15) is 9.18 Å². The van der Waals surface area contributed by atoms with Gasteiger partial charge in [-0.05, 0) is 30.7 Å². The van der Waals surface area contributed by atoms with Gasteiger partial charge >= 0.3 is 5.97 Å². The van der Waals surface area contributed by atoms with Crippen molar-refractivity contribution in [2.75, 3.05) is 13.7 Å². The van der Waals surface area contributed by atoms with Crippen LogP contribution in [0.3, 0.4) is 0 Å². The Kier molecular flexibility index (Phi) is 4.97. The van der Waals surface area contributed by atoms with Crippen LogP contribution < -0.4 is 0 Å². The van der Waals surface area contributed by atoms with Crippen molar-refractivity contribution < 1.29 is 18.7 Å². The van der Waals surface area contributed by atoms with Crippen molar-refractivity contribution in [3.05, 3.63) is 40.4 Å². The summed E-state index contributed by atoms with van der Waals surface area (Å²) in [6.45, 7) is 2.29. The predicted molar refractivity (Wildman–Crippen MR) is 63.4 cm³/mol. The minimum Gasteiger partial charge on any atom is -0.501 e. The Morgan fingerprint density at radius 3 is 2.82 bits per heavy atom. The molecule has 0 aromatic heterocycles. The normalized spacial score (nSPS) is 10.6. The van der Waals surface area contributed by atoms with Crippen molar-refractivity contribution >= 4 is 23.6 Å². The summed E-state index contributed by atoms with van der Waals surface area (Å²) >= 11 is 5.72. The van der Waals surface area contributed by atoms with Gasteiger partial charge in [0.2, 0.25) is 0 Å². The molecule has 0 amide bonds. The van der Waals surface area contributed by atoms with Crippen LogP contribution in [0.15, 0.2) is 18.4 Å². The van der Waals surface area contributed by atoms with Gasteiger partial charge in [-0.15, -0.1) is 0 Å². The van der Waals surface area contributed by atoms with Crippen LogP contribution in [0, 0.1) is 5.82 Å². The third-order valence-corrected chi connectivity index (χ3v) is 2.20. The zero-order chi connectivity index (χ0) is 12.8. The Hall–Kier alpha value is -1.55. The fourth-order valence-electron chi connectivity index (χ4n) is 1.26. The van der Waals surface area contributed by atoms with Crippen molar-refractivity contribution in [1.82, 2.24) is 0 Å². The highest BCUT2D eigenvalue weighted by molar-refractivity contribution is 6.30. The van der Waals surface area contributed by atoms with Gasteiger partial charge in [-0.1, -0.05) is 11.6 Å². The van der Waals surface area contributed by atoms with E-state index in [1.165, 1.54) is 25.5 Å². The molecule has 3 nitrogen and oxygen atoms in total. The number of hydrogen-bond donors (Lipinski definition) is 0. The molecular weight excluding hydrogens is 247 g/mol. The molecule has 0 heterocycles. The third kappa shape index (κ3) is 3.46. The highest BCUT2D eigenvalue weighted by Crippen LogP contribution is 2.22. The van der Waals surface area contributed by atoms with Crippen molar-refractivity contribution in [3.8, 4) is 0 Å². The Labute approximate surface area is 104 Å². The van der Waals surface area contributed by atoms with E-state index in [-0.39, 0.29) is 10.6 Å². The molecule has 0 aliphatic rings. The SMILES string of the molecule is CCO/C=C/c1cc(Cl)cc(F)c1C(=O)OC. The molecule has 0 aliphatic heterocycles. The first-order chi connectivity index (χ1) is 8.10. The lowest BCUT2D eigenvalue weighted by molar-refractivity contribution is 0.0595. The maximum atomic E-state index is 13.6. The molecule has 0 aliphatic carbocycles. The summed E-state index contributed by atoms with van der Waals surface area (Å²) in [4.78, 5) is 11.4. The molecule has 0 unspecified atom stereocenters. The standard InChI is InChI=1S/C12H12ClFO3/c1-3-17-5-4-8-6-9(13)7-10(14)11(8)12(15)16-2/h4-7H,3H2,1-2H3/b5-4+. The quantitative estimate of drug-likeness (QED) is 0.614. The predicted octanol–water partition coefficient (Wildman–Crippen LogP) is 3.27. The first kappa shape index (κ1) is 13.5. The molecular formula is C12H12ClFO3. The zero-order valence-corrected chi connectivity index (χ0v) is 10.3. The van der Waals surface area contributed by atoms with Gasteiger partial charge in [0.1, 0.15) is 11.4 Å². The fraction of sp³-hybridized carbons (Fsp3) is 0.250. The zero-order valence-electron chi connectivity index (χ0n) is 9.50. The number of hydrogen-bond acceptors (Lipinski definition) is 3. The number of esters is 1. The Morgan fingerprint density at radius 1 is 1.53 bits per heavy atom. The Morgan fingerprint density at radius 2 is 2.24 bits per heavy atom. The highest BCUT2D eigenvalue weighted by atomic mass is 35.5. The monoisotopic (exact) mass is 258 g/mol. The molecule has 0 fully saturated rings. The second-order valence-corrected chi connectivity index (χ2v) is 3.54. The van der Waals surface area contributed by atoms with Crippen molar-refractivity contribution in [2.24, 2.45) is 0 Å². The Balaban J connectivity index is 3.20. The van der Waals surface area contributed by atoms with Crippen LogP contribution >= 0.6 is 11.6 Å². The van der Waals surface area contributed by atoms with Gasteiger partial charge in [0.05, 0.1) is 20.0 Å². The fourth-order valence-corrected chi connectivity index (χ4v) is 1.47. The lowest BCUT2D eigenvalue weighted by Crippen LogP contribution is -2.07. The smallest absolute Gasteiger partial charge is 0.341 e. The van der Waals surface area contributed by atoms with E-state index in [2.05, 4.69) is 4.74 Å². The molecule has 0 spiro atoms. The van der Waals surface area contributed by atoms with Crippen LogP contribution in [0.4, 0.5) is 4.39 Å². The van der Waals surface area contributed by atoms with Crippen LogP contribution in [0.1, 0.15) is 22.8 Å². The molecule has 0 saturated carbocycles. The average Bonchev–Trinajstić information content (AvgIpc) is 2.28. The van der Waals surface area contributed by atoms with Crippen LogP contribution in [-0.4, -0.2) is 19.7 Å². The van der Waals surface area contributed by atoms with E-state index in [0.29, 0.717) is 12.2 Å². The molecule has 17 heavy (non-hydrogen) atoms. The van der Waals surface area contributed by atoms with E-state index in [0.717, 1.165) is 6.07 Å². The molecule has 92 valence electrons. The van der Waals surface area contributed by atoms with E-state index in [4.69, 9.17) is 16.3 Å². The highest BCUT2D eigenvalue weighted by Gasteiger charge is 2.17. The molecule has 1 aromatic carbocycles. The maximum absolute atomic E-state index is 13.6. The van der Waals surface area contributed by atoms with E-state index >= 15 is 0 Å². The summed E-state index contributed by atoms with van der Waals surface area (Å²) in [5, 5.41) is 0.200. The number of ether oxygens (including phenoxy) is 2. The van der Waals surface area contributed by atoms with Gasteiger partial charge in [-0.2, -0.15) is 0 Å². The lowest BCUT2D eigenvalue weighted by Gasteiger charge is -2.06. The van der Waals surface area contributed by atoms with Crippen molar-refractivity contribution in [1.29, 1.82) is 0 Å². The molecule has 0 radical (unpaired) electrons. The number of benzene rings is 1. The summed E-state index contributed by atoms with van der Waals surface area (Å²) in [6, 6.07) is 2.53. The maximum Gasteiger partial charge on any atom is 0.341 e. The summed E-state index contributed by atoms with van der Waals surface area (Å²) < 4.78 is 23.1. The number of methoxy groups -OCH3 is 1. The molecule has 0 atom stereocenters. The summed E-state index contributed by atoms with van der Waals surface area (Å²) in [5.74, 6) is -1.48. The minimum atomic E-state index is -0.754. The molecule has 1 rings (SSSR count). The number of carbonyl (C=O) groups is 1. The van der Waals surface area contributed by atoms with Gasteiger partial charge in [-0.25, -0.2) is 9.18 Å². The van der Waals surface area contributed by atoms with Gasteiger partial charge in [0, 0.05) is 5.02 Å². The largest absolute Gasteiger partial charge is 0.501 e. The van der Waals surface area contributed by atoms with E-state index < -0.39 is 11.8 Å². The summed E-state index contributed by atoms with van der Waals surface area (Å²) in [6.07, 6.45) is 2.84. The molecule has 5 heteroatoms. The van der Waals surface area contributed by atoms with Crippen LogP contribution in [-0.2, 0) is 9.47 Å². The Bertz CT molecular complexity index is 444. The van der Waals surface area contributed by atoms with E-state index in [1.54, 1.807) is 0 Å². The van der Waals surface area contributed by atoms with Crippen molar-refractivity contribution in [3.63, 3.8) is 0 Å². The minimum absolute atomic E-state index is 0.159. The molecule has 0 N–H and O–H groups in total. The first-order valence-electron chi connectivity index (χ1n) is 4.95. The lowest BCUT2D eigenvalue weighted by atomic mass is 10.1. The number of carbonyl (C=O) groups excluding carboxylic acids is 1. The molecule has 0 bridgehead atoms. The second-order valence-electron chi connectivity index (χ2n) is 3.10. The van der Waals surface area contributed by atoms with Crippen molar-refractivity contribution in [2.45, 2.75) is 6.92 Å². The summed E-state index contributed by atoms with van der Waals surface area (Å²) in [5.41, 5.74) is 0.156. The van der Waals surface area contributed by atoms with Gasteiger partial charge in [0.25, 0.3) is 0 Å². The first-order valence-corrected chi connectivity index (χ1v) is 5.33. The topological polar surface area (TPSA) is 35.5 Å². The van der Waals surface area contributed by atoms with Crippen LogP contribution in [0.5, 0.6) is 0 Å². The van der Waals surface area contributed by atoms with E-state index in [1.807, 2.05) is 6.92 Å². The summed E-state index contributed by atoms with van der Waals surface area (Å²) in [7, 11) is 1.19. The molecule has 1 aromatic rings.